The molecule has 0 aliphatic rings. The molecule has 0 unspecified atom stereocenters. The van der Waals surface area contributed by atoms with Crippen LogP contribution in [0.2, 0.25) is 5.02 Å². The van der Waals surface area contributed by atoms with Crippen LogP contribution in [-0.2, 0) is 10.0 Å². The van der Waals surface area contributed by atoms with Crippen LogP contribution in [0.3, 0.4) is 0 Å². The van der Waals surface area contributed by atoms with E-state index in [-0.39, 0.29) is 21.1 Å². The number of benzene rings is 3. The van der Waals surface area contributed by atoms with E-state index < -0.39 is 10.0 Å². The largest absolute Gasteiger partial charge is 0.506 e. The first-order valence-corrected chi connectivity index (χ1v) is 11.2. The van der Waals surface area contributed by atoms with Gasteiger partial charge in [-0.05, 0) is 47.5 Å². The standard InChI is InChI=1S/C21H14ClNO4S2/c22-16-11-13(7-10-17(16)24)19-20(25)15-3-1-2-4-18(15)28-21(19)12-5-8-14(9-6-12)29(23,26)27/h1-11,24H,(H2,23,26,27). The Morgan fingerprint density at radius 3 is 2.24 bits per heavy atom. The van der Waals surface area contributed by atoms with E-state index in [2.05, 4.69) is 0 Å². The van der Waals surface area contributed by atoms with Gasteiger partial charge in [0.25, 0.3) is 0 Å². The number of halogens is 1. The molecule has 29 heavy (non-hydrogen) atoms. The third-order valence-electron chi connectivity index (χ3n) is 4.48. The van der Waals surface area contributed by atoms with Crippen molar-refractivity contribution in [3.05, 3.63) is 82.0 Å². The van der Waals surface area contributed by atoms with Crippen LogP contribution in [0.5, 0.6) is 5.75 Å². The molecule has 146 valence electrons. The molecule has 0 spiro atoms. The summed E-state index contributed by atoms with van der Waals surface area (Å²) in [6, 6.07) is 17.9. The molecule has 8 heteroatoms. The molecule has 0 amide bonds. The molecular formula is C21H14ClNO4S2. The van der Waals surface area contributed by atoms with Crippen LogP contribution < -0.4 is 10.6 Å². The number of phenolic OH excluding ortho intramolecular Hbond substituents is 1. The van der Waals surface area contributed by atoms with E-state index in [0.29, 0.717) is 27.0 Å². The van der Waals surface area contributed by atoms with Gasteiger partial charge in [0, 0.05) is 20.5 Å². The summed E-state index contributed by atoms with van der Waals surface area (Å²) in [7, 11) is -3.82. The molecule has 4 aromatic rings. The van der Waals surface area contributed by atoms with Crippen LogP contribution in [0.15, 0.2) is 76.4 Å². The third-order valence-corrected chi connectivity index (χ3v) is 6.93. The van der Waals surface area contributed by atoms with Gasteiger partial charge in [-0.15, -0.1) is 11.3 Å². The number of hydrogen-bond acceptors (Lipinski definition) is 5. The quantitative estimate of drug-likeness (QED) is 0.483. The van der Waals surface area contributed by atoms with Crippen molar-refractivity contribution in [3.8, 4) is 27.3 Å². The van der Waals surface area contributed by atoms with E-state index in [1.165, 1.54) is 35.6 Å². The van der Waals surface area contributed by atoms with Gasteiger partial charge in [-0.1, -0.05) is 41.9 Å². The van der Waals surface area contributed by atoms with Gasteiger partial charge in [-0.2, -0.15) is 0 Å². The maximum atomic E-state index is 13.3. The number of fused-ring (bicyclic) bond motifs is 1. The van der Waals surface area contributed by atoms with Gasteiger partial charge < -0.3 is 5.11 Å². The summed E-state index contributed by atoms with van der Waals surface area (Å²) < 4.78 is 23.9. The SMILES string of the molecule is NS(=O)(=O)c1ccc(-c2sc3ccccc3c(=O)c2-c2ccc(O)c(Cl)c2)cc1. The maximum absolute atomic E-state index is 13.3. The number of rotatable bonds is 3. The summed E-state index contributed by atoms with van der Waals surface area (Å²) in [5, 5.41) is 15.6. The molecule has 1 heterocycles. The van der Waals surface area contributed by atoms with E-state index in [9.17, 15) is 18.3 Å². The molecule has 0 fully saturated rings. The van der Waals surface area contributed by atoms with E-state index in [1.54, 1.807) is 30.3 Å². The Hall–Kier alpha value is -2.71. The lowest BCUT2D eigenvalue weighted by atomic mass is 10.00. The molecule has 5 nitrogen and oxygen atoms in total. The summed E-state index contributed by atoms with van der Waals surface area (Å²) >= 11 is 7.49. The Labute approximate surface area is 175 Å². The molecule has 3 N–H and O–H groups in total. The lowest BCUT2D eigenvalue weighted by Crippen LogP contribution is -2.11. The van der Waals surface area contributed by atoms with E-state index in [4.69, 9.17) is 16.7 Å². The molecule has 0 bridgehead atoms. The molecule has 4 rings (SSSR count). The average molecular weight is 444 g/mol. The summed E-state index contributed by atoms with van der Waals surface area (Å²) in [5.74, 6) is -0.0774. The van der Waals surface area contributed by atoms with Crippen LogP contribution in [0.1, 0.15) is 0 Å². The Bertz CT molecular complexity index is 1410. The first kappa shape index (κ1) is 19.6. The number of aromatic hydroxyl groups is 1. The minimum absolute atomic E-state index is 0.0105. The van der Waals surface area contributed by atoms with Gasteiger partial charge in [0.15, 0.2) is 5.43 Å². The molecule has 0 saturated carbocycles. The fourth-order valence-electron chi connectivity index (χ4n) is 3.07. The highest BCUT2D eigenvalue weighted by atomic mass is 35.5. The summed E-state index contributed by atoms with van der Waals surface area (Å²) in [6.45, 7) is 0. The zero-order valence-electron chi connectivity index (χ0n) is 14.8. The Kier molecular flexibility index (Phi) is 4.92. The number of primary sulfonamides is 1. The average Bonchev–Trinajstić information content (AvgIpc) is 2.70. The van der Waals surface area contributed by atoms with Crippen LogP contribution >= 0.6 is 22.9 Å². The minimum atomic E-state index is -3.82. The highest BCUT2D eigenvalue weighted by Gasteiger charge is 2.18. The molecule has 0 aliphatic heterocycles. The fraction of sp³-hybridized carbons (Fsp3) is 0. The van der Waals surface area contributed by atoms with E-state index in [1.807, 2.05) is 12.1 Å². The normalized spacial score (nSPS) is 11.7. The number of nitrogens with two attached hydrogens (primary N) is 1. The molecule has 0 atom stereocenters. The van der Waals surface area contributed by atoms with Crippen molar-refractivity contribution in [1.29, 1.82) is 0 Å². The van der Waals surface area contributed by atoms with Crippen molar-refractivity contribution in [2.24, 2.45) is 5.14 Å². The van der Waals surface area contributed by atoms with E-state index >= 15 is 0 Å². The van der Waals surface area contributed by atoms with Crippen LogP contribution in [0.4, 0.5) is 0 Å². The van der Waals surface area contributed by atoms with Gasteiger partial charge in [-0.3, -0.25) is 4.79 Å². The second-order valence-corrected chi connectivity index (χ2v) is 9.39. The first-order valence-electron chi connectivity index (χ1n) is 8.43. The summed E-state index contributed by atoms with van der Waals surface area (Å²) in [6.07, 6.45) is 0. The van der Waals surface area contributed by atoms with Crippen molar-refractivity contribution in [2.45, 2.75) is 4.90 Å². The molecule has 0 radical (unpaired) electrons. The molecular weight excluding hydrogens is 430 g/mol. The summed E-state index contributed by atoms with van der Waals surface area (Å²) in [5.41, 5.74) is 1.49. The minimum Gasteiger partial charge on any atom is -0.506 e. The van der Waals surface area contributed by atoms with Gasteiger partial charge in [0.05, 0.1) is 9.92 Å². The predicted octanol–water partition coefficient (Wildman–Crippen LogP) is 4.60. The van der Waals surface area contributed by atoms with Gasteiger partial charge >= 0.3 is 0 Å². The molecule has 0 aliphatic carbocycles. The van der Waals surface area contributed by atoms with Gasteiger partial charge in [0.2, 0.25) is 10.0 Å². The lowest BCUT2D eigenvalue weighted by Gasteiger charge is -2.12. The van der Waals surface area contributed by atoms with Crippen LogP contribution in [0.25, 0.3) is 31.7 Å². The zero-order chi connectivity index (χ0) is 20.8. The fourth-order valence-corrected chi connectivity index (χ4v) is 4.97. The van der Waals surface area contributed by atoms with E-state index in [0.717, 1.165) is 4.70 Å². The Morgan fingerprint density at radius 1 is 0.931 bits per heavy atom. The predicted molar refractivity (Wildman–Crippen MR) is 117 cm³/mol. The lowest BCUT2D eigenvalue weighted by molar-refractivity contribution is 0.475. The molecule has 0 saturated heterocycles. The third kappa shape index (κ3) is 3.65. The monoisotopic (exact) mass is 443 g/mol. The van der Waals surface area contributed by atoms with Crippen molar-refractivity contribution < 1.29 is 13.5 Å². The van der Waals surface area contributed by atoms with Crippen molar-refractivity contribution in [2.75, 3.05) is 0 Å². The second-order valence-electron chi connectivity index (χ2n) is 6.37. The Morgan fingerprint density at radius 2 is 1.59 bits per heavy atom. The number of hydrogen-bond donors (Lipinski definition) is 2. The molecule has 3 aromatic carbocycles. The van der Waals surface area contributed by atoms with Crippen LogP contribution in [-0.4, -0.2) is 13.5 Å². The highest BCUT2D eigenvalue weighted by molar-refractivity contribution is 7.89. The zero-order valence-corrected chi connectivity index (χ0v) is 17.2. The first-order chi connectivity index (χ1) is 13.8. The van der Waals surface area contributed by atoms with Crippen molar-refractivity contribution >= 4 is 43.0 Å². The highest BCUT2D eigenvalue weighted by Crippen LogP contribution is 2.38. The number of phenols is 1. The molecule has 1 aromatic heterocycles. The topological polar surface area (TPSA) is 97.5 Å². The smallest absolute Gasteiger partial charge is 0.238 e. The maximum Gasteiger partial charge on any atom is 0.238 e. The second kappa shape index (κ2) is 7.27. The number of sulfonamides is 1. The van der Waals surface area contributed by atoms with Gasteiger partial charge in [-0.25, -0.2) is 13.6 Å². The van der Waals surface area contributed by atoms with Gasteiger partial charge in [0.1, 0.15) is 5.75 Å². The van der Waals surface area contributed by atoms with Crippen molar-refractivity contribution in [1.82, 2.24) is 0 Å². The Balaban J connectivity index is 2.04. The summed E-state index contributed by atoms with van der Waals surface area (Å²) in [4.78, 5) is 14.0. The van der Waals surface area contributed by atoms with Crippen LogP contribution in [0, 0.1) is 0 Å². The van der Waals surface area contributed by atoms with Crippen molar-refractivity contribution in [3.63, 3.8) is 0 Å².